The molecule has 0 saturated carbocycles. The summed E-state index contributed by atoms with van der Waals surface area (Å²) < 4.78 is 52.2. The van der Waals surface area contributed by atoms with E-state index < -0.39 is 11.6 Å². The summed E-state index contributed by atoms with van der Waals surface area (Å²) in [7, 11) is 2.62. The molecule has 0 unspecified atom stereocenters. The van der Waals surface area contributed by atoms with Crippen LogP contribution in [0.5, 0.6) is 11.5 Å². The highest BCUT2D eigenvalue weighted by Crippen LogP contribution is 2.44. The lowest BCUT2D eigenvalue weighted by atomic mass is 9.78. The minimum absolute atomic E-state index is 0.00850. The molecule has 40 heavy (non-hydrogen) atoms. The highest BCUT2D eigenvalue weighted by atomic mass is 19.1. The highest BCUT2D eigenvalue weighted by molar-refractivity contribution is 5.96. The third-order valence-corrected chi connectivity index (χ3v) is 7.92. The van der Waals surface area contributed by atoms with Gasteiger partial charge in [0.05, 0.1) is 63.4 Å². The minimum atomic E-state index is -0.862. The Morgan fingerprint density at radius 2 is 1.88 bits per heavy atom. The van der Waals surface area contributed by atoms with Gasteiger partial charge in [0.2, 0.25) is 0 Å². The summed E-state index contributed by atoms with van der Waals surface area (Å²) >= 11 is 0. The predicted molar refractivity (Wildman–Crippen MR) is 145 cm³/mol. The maximum absolute atomic E-state index is 15.4. The van der Waals surface area contributed by atoms with Crippen LogP contribution in [-0.4, -0.2) is 75.5 Å². The Morgan fingerprint density at radius 1 is 1.15 bits per heavy atom. The number of nitrogens with one attached hydrogen (secondary N) is 1. The molecule has 210 valence electrons. The number of hydrogen-bond acceptors (Lipinski definition) is 9. The molecule has 0 amide bonds. The third-order valence-electron chi connectivity index (χ3n) is 7.92. The molecule has 9 nitrogen and oxygen atoms in total. The second kappa shape index (κ2) is 10.3. The number of rotatable bonds is 9. The molecule has 2 aromatic heterocycles. The van der Waals surface area contributed by atoms with Gasteiger partial charge in [0, 0.05) is 48.5 Å². The molecule has 3 saturated heterocycles. The lowest BCUT2D eigenvalue weighted by molar-refractivity contribution is -0.127. The molecule has 2 atom stereocenters. The molecule has 3 aromatic rings. The van der Waals surface area contributed by atoms with E-state index in [4.69, 9.17) is 23.9 Å². The zero-order valence-electron chi connectivity index (χ0n) is 22.3. The number of anilines is 2. The van der Waals surface area contributed by atoms with Gasteiger partial charge in [0.25, 0.3) is 0 Å². The molecule has 3 aliphatic rings. The van der Waals surface area contributed by atoms with Crippen LogP contribution < -0.4 is 19.7 Å². The van der Waals surface area contributed by atoms with Gasteiger partial charge in [-0.15, -0.1) is 0 Å². The summed E-state index contributed by atoms with van der Waals surface area (Å²) in [5, 5.41) is 4.85. The molecular formula is C29H30F2N4O5. The van der Waals surface area contributed by atoms with Crippen molar-refractivity contribution in [1.29, 1.82) is 0 Å². The summed E-state index contributed by atoms with van der Waals surface area (Å²) in [6, 6.07) is 4.57. The number of allylic oxidation sites excluding steroid dienone is 1. The number of methoxy groups -OCH3 is 2. The first-order chi connectivity index (χ1) is 19.3. The van der Waals surface area contributed by atoms with Crippen molar-refractivity contribution in [3.63, 3.8) is 0 Å². The monoisotopic (exact) mass is 552 g/mol. The van der Waals surface area contributed by atoms with Crippen molar-refractivity contribution in [2.75, 3.05) is 64.0 Å². The van der Waals surface area contributed by atoms with Crippen molar-refractivity contribution >= 4 is 28.2 Å². The fraction of sp³-hybridized carbons (Fsp3) is 0.414. The zero-order chi connectivity index (χ0) is 28.0. The highest BCUT2D eigenvalue weighted by Gasteiger charge is 2.50. The van der Waals surface area contributed by atoms with Gasteiger partial charge in [-0.1, -0.05) is 6.58 Å². The number of ether oxygens (including phenoxy) is 4. The second-order valence-electron chi connectivity index (χ2n) is 10.7. The van der Waals surface area contributed by atoms with E-state index in [2.05, 4.69) is 21.8 Å². The lowest BCUT2D eigenvalue weighted by Crippen LogP contribution is -2.66. The van der Waals surface area contributed by atoms with E-state index in [-0.39, 0.29) is 45.9 Å². The van der Waals surface area contributed by atoms with Gasteiger partial charge in [-0.2, -0.15) is 0 Å². The van der Waals surface area contributed by atoms with E-state index in [1.807, 2.05) is 6.07 Å². The summed E-state index contributed by atoms with van der Waals surface area (Å²) in [5.74, 6) is -0.870. The molecule has 1 aromatic carbocycles. The first-order valence-electron chi connectivity index (χ1n) is 13.1. The molecule has 11 heteroatoms. The number of halogens is 2. The Labute approximate surface area is 230 Å². The number of carbonyl (C=O) groups excluding carboxylic acids is 1. The smallest absolute Gasteiger partial charge is 0.177 e. The Kier molecular flexibility index (Phi) is 6.79. The summed E-state index contributed by atoms with van der Waals surface area (Å²) in [6.45, 7) is 7.28. The van der Waals surface area contributed by atoms with Crippen LogP contribution in [-0.2, 0) is 14.3 Å². The van der Waals surface area contributed by atoms with E-state index in [0.29, 0.717) is 49.9 Å². The molecule has 3 fully saturated rings. The molecule has 0 bridgehead atoms. The minimum Gasteiger partial charge on any atom is -0.494 e. The fourth-order valence-electron chi connectivity index (χ4n) is 5.66. The van der Waals surface area contributed by atoms with Crippen LogP contribution in [0.1, 0.15) is 6.42 Å². The average Bonchev–Trinajstić information content (AvgIpc) is 3.33. The summed E-state index contributed by atoms with van der Waals surface area (Å²) in [4.78, 5) is 23.4. The van der Waals surface area contributed by atoms with Gasteiger partial charge in [0.15, 0.2) is 28.9 Å². The zero-order valence-corrected chi connectivity index (χ0v) is 22.3. The van der Waals surface area contributed by atoms with Crippen molar-refractivity contribution < 1.29 is 32.5 Å². The van der Waals surface area contributed by atoms with Crippen molar-refractivity contribution in [3.8, 4) is 22.8 Å². The Hall–Kier alpha value is -3.83. The molecule has 0 radical (unpaired) electrons. The van der Waals surface area contributed by atoms with Crippen LogP contribution in [0, 0.1) is 23.0 Å². The van der Waals surface area contributed by atoms with Crippen LogP contribution in [0.2, 0.25) is 0 Å². The predicted octanol–water partition coefficient (Wildman–Crippen LogP) is 4.00. The third kappa shape index (κ3) is 4.52. The molecule has 5 heterocycles. The molecule has 6 rings (SSSR count). The van der Waals surface area contributed by atoms with E-state index in [1.54, 1.807) is 12.3 Å². The van der Waals surface area contributed by atoms with E-state index in [9.17, 15) is 4.79 Å². The second-order valence-corrected chi connectivity index (χ2v) is 10.7. The lowest BCUT2D eigenvalue weighted by Gasteiger charge is -2.55. The molecular weight excluding hydrogens is 522 g/mol. The van der Waals surface area contributed by atoms with E-state index in [1.165, 1.54) is 26.4 Å². The summed E-state index contributed by atoms with van der Waals surface area (Å²) in [5.41, 5.74) is -0.142. The van der Waals surface area contributed by atoms with Crippen molar-refractivity contribution in [1.82, 2.24) is 9.97 Å². The van der Waals surface area contributed by atoms with Crippen molar-refractivity contribution in [3.05, 3.63) is 48.7 Å². The first kappa shape index (κ1) is 26.4. The van der Waals surface area contributed by atoms with Gasteiger partial charge in [-0.05, 0) is 18.2 Å². The van der Waals surface area contributed by atoms with Crippen LogP contribution in [0.3, 0.4) is 0 Å². The van der Waals surface area contributed by atoms with Gasteiger partial charge >= 0.3 is 0 Å². The number of benzene rings is 1. The molecule has 0 aliphatic carbocycles. The SMILES string of the molecule is C=CC(=O)C[C@H]1COC[C@H]1Nc1cc2c(N3CC4(COC4)C3)nc(-c3c(F)c(OC)cc(OC)c3F)cc2cn1. The molecule has 3 aliphatic heterocycles. The topological polar surface area (TPSA) is 95.0 Å². The Morgan fingerprint density at radius 3 is 2.50 bits per heavy atom. The standard InChI is InChI=1S/C29H30F2N4O5/c1-4-18(36)5-17-10-39-11-21(17)33-24-7-19-16(9-32-24)6-20(34-28(19)35-12-29(13-35)14-40-15-29)25-26(30)22(37-2)8-23(38-3)27(25)31/h4,6-9,17,21H,1,5,10-15H2,2-3H3,(H,32,33)/t17-,21+/m0/s1. The van der Waals surface area contributed by atoms with Gasteiger partial charge < -0.3 is 29.2 Å². The number of fused-ring (bicyclic) bond motifs is 1. The van der Waals surface area contributed by atoms with Crippen LogP contribution in [0.4, 0.5) is 20.4 Å². The number of hydrogen-bond donors (Lipinski definition) is 1. The van der Waals surface area contributed by atoms with Gasteiger partial charge in [-0.25, -0.2) is 18.7 Å². The van der Waals surface area contributed by atoms with Crippen LogP contribution in [0.15, 0.2) is 37.1 Å². The Bertz CT molecular complexity index is 1460. The number of carbonyl (C=O) groups is 1. The van der Waals surface area contributed by atoms with Crippen LogP contribution in [0.25, 0.3) is 22.0 Å². The number of pyridine rings is 2. The number of aromatic nitrogens is 2. The van der Waals surface area contributed by atoms with Crippen molar-refractivity contribution in [2.24, 2.45) is 11.3 Å². The maximum atomic E-state index is 15.4. The number of ketones is 1. The average molecular weight is 553 g/mol. The fourth-order valence-corrected chi connectivity index (χ4v) is 5.66. The quantitative estimate of drug-likeness (QED) is 0.395. The maximum Gasteiger partial charge on any atom is 0.177 e. The molecule has 1 spiro atoms. The van der Waals surface area contributed by atoms with E-state index in [0.717, 1.165) is 18.5 Å². The van der Waals surface area contributed by atoms with E-state index >= 15 is 8.78 Å². The van der Waals surface area contributed by atoms with Gasteiger partial charge in [0.1, 0.15) is 11.6 Å². The van der Waals surface area contributed by atoms with Crippen LogP contribution >= 0.6 is 0 Å². The summed E-state index contributed by atoms with van der Waals surface area (Å²) in [6.07, 6.45) is 3.32. The largest absolute Gasteiger partial charge is 0.494 e. The normalized spacial score (nSPS) is 21.1. The Balaban J connectivity index is 1.41. The number of nitrogens with zero attached hydrogens (tertiary/aromatic N) is 3. The first-order valence-corrected chi connectivity index (χ1v) is 13.1. The molecule has 1 N–H and O–H groups in total. The van der Waals surface area contributed by atoms with Crippen molar-refractivity contribution in [2.45, 2.75) is 12.5 Å². The van der Waals surface area contributed by atoms with Gasteiger partial charge in [-0.3, -0.25) is 4.79 Å².